The van der Waals surface area contributed by atoms with Crippen LogP contribution in [-0.2, 0) is 12.8 Å². The monoisotopic (exact) mass is 189 g/mol. The van der Waals surface area contributed by atoms with E-state index < -0.39 is 0 Å². The molecule has 0 saturated carbocycles. The maximum absolute atomic E-state index is 3.87. The number of hydrogen-bond donors (Lipinski definition) is 0. The van der Waals surface area contributed by atoms with Crippen LogP contribution in [0.5, 0.6) is 0 Å². The van der Waals surface area contributed by atoms with Crippen LogP contribution in [0, 0.1) is 6.92 Å². The largest absolute Gasteiger partial charge is 0.0654 e. The standard InChI is InChI=1S/C14H21/c1-3-5-6-7-8-14-11-9-13(4-2)10-12-14/h9-12H,2-8H2,1H3. The van der Waals surface area contributed by atoms with Crippen molar-refractivity contribution in [1.82, 2.24) is 0 Å². The zero-order chi connectivity index (χ0) is 10.2. The molecule has 0 aliphatic carbocycles. The Morgan fingerprint density at radius 1 is 0.929 bits per heavy atom. The van der Waals surface area contributed by atoms with Gasteiger partial charge in [-0.3, -0.25) is 0 Å². The molecule has 0 aliphatic rings. The molecular formula is C14H21. The third-order valence-electron chi connectivity index (χ3n) is 2.63. The smallest absolute Gasteiger partial charge is 0.0279 e. The van der Waals surface area contributed by atoms with Crippen LogP contribution in [-0.4, -0.2) is 0 Å². The highest BCUT2D eigenvalue weighted by molar-refractivity contribution is 5.22. The van der Waals surface area contributed by atoms with Gasteiger partial charge in [-0.15, -0.1) is 0 Å². The lowest BCUT2D eigenvalue weighted by Gasteiger charge is -2.02. The van der Waals surface area contributed by atoms with Crippen molar-refractivity contribution < 1.29 is 0 Å². The van der Waals surface area contributed by atoms with Crippen molar-refractivity contribution in [2.75, 3.05) is 0 Å². The molecule has 0 N–H and O–H groups in total. The van der Waals surface area contributed by atoms with E-state index in [9.17, 15) is 0 Å². The molecule has 0 aromatic heterocycles. The molecule has 1 rings (SSSR count). The van der Waals surface area contributed by atoms with Crippen LogP contribution >= 0.6 is 0 Å². The van der Waals surface area contributed by atoms with Gasteiger partial charge in [0.05, 0.1) is 0 Å². The van der Waals surface area contributed by atoms with Crippen LogP contribution in [0.1, 0.15) is 43.7 Å². The molecule has 0 spiro atoms. The number of aryl methyl sites for hydroxylation is 1. The molecule has 0 saturated heterocycles. The van der Waals surface area contributed by atoms with Gasteiger partial charge in [0, 0.05) is 0 Å². The summed E-state index contributed by atoms with van der Waals surface area (Å²) in [4.78, 5) is 0. The first-order chi connectivity index (χ1) is 6.86. The normalized spacial score (nSPS) is 10.4. The maximum Gasteiger partial charge on any atom is -0.0279 e. The van der Waals surface area contributed by atoms with E-state index >= 15 is 0 Å². The third kappa shape index (κ3) is 3.95. The fourth-order valence-corrected chi connectivity index (χ4v) is 1.63. The van der Waals surface area contributed by atoms with Crippen LogP contribution < -0.4 is 0 Å². The fourth-order valence-electron chi connectivity index (χ4n) is 1.63. The highest BCUT2D eigenvalue weighted by Gasteiger charge is 1.93. The predicted molar refractivity (Wildman–Crippen MR) is 63.3 cm³/mol. The summed E-state index contributed by atoms with van der Waals surface area (Å²) in [6.45, 7) is 6.13. The van der Waals surface area contributed by atoms with Crippen molar-refractivity contribution >= 4 is 0 Å². The summed E-state index contributed by atoms with van der Waals surface area (Å²) < 4.78 is 0. The molecule has 0 heterocycles. The fraction of sp³-hybridized carbons (Fsp3) is 0.500. The summed E-state index contributed by atoms with van der Waals surface area (Å²) in [5, 5.41) is 0. The van der Waals surface area contributed by atoms with Gasteiger partial charge in [0.2, 0.25) is 0 Å². The van der Waals surface area contributed by atoms with Crippen molar-refractivity contribution in [1.29, 1.82) is 0 Å². The number of unbranched alkanes of at least 4 members (excludes halogenated alkanes) is 3. The first kappa shape index (κ1) is 11.3. The SMILES string of the molecule is [CH2]Cc1ccc(CCCCCC)cc1. The Bertz CT molecular complexity index is 233. The average Bonchev–Trinajstić information content (AvgIpc) is 2.25. The van der Waals surface area contributed by atoms with Crippen molar-refractivity contribution in [3.63, 3.8) is 0 Å². The predicted octanol–water partition coefficient (Wildman–Crippen LogP) is 4.19. The minimum Gasteiger partial charge on any atom is -0.0654 e. The van der Waals surface area contributed by atoms with E-state index in [-0.39, 0.29) is 0 Å². The second-order valence-corrected chi connectivity index (χ2v) is 3.88. The zero-order valence-corrected chi connectivity index (χ0v) is 9.26. The Labute approximate surface area is 88.4 Å². The van der Waals surface area contributed by atoms with E-state index in [2.05, 4.69) is 38.1 Å². The third-order valence-corrected chi connectivity index (χ3v) is 2.63. The molecule has 77 valence electrons. The Morgan fingerprint density at radius 2 is 1.57 bits per heavy atom. The number of hydrogen-bond acceptors (Lipinski definition) is 0. The molecule has 0 fully saturated rings. The van der Waals surface area contributed by atoms with E-state index in [0.29, 0.717) is 0 Å². The highest BCUT2D eigenvalue weighted by atomic mass is 14.0. The molecule has 0 aliphatic heterocycles. The van der Waals surface area contributed by atoms with Crippen LogP contribution in [0.3, 0.4) is 0 Å². The quantitative estimate of drug-likeness (QED) is 0.589. The van der Waals surface area contributed by atoms with Crippen LogP contribution in [0.4, 0.5) is 0 Å². The lowest BCUT2D eigenvalue weighted by Crippen LogP contribution is -1.87. The van der Waals surface area contributed by atoms with Gasteiger partial charge in [-0.05, 0) is 37.3 Å². The molecule has 1 aromatic rings. The second kappa shape index (κ2) is 6.64. The van der Waals surface area contributed by atoms with Crippen LogP contribution in [0.2, 0.25) is 0 Å². The van der Waals surface area contributed by atoms with Gasteiger partial charge >= 0.3 is 0 Å². The Balaban J connectivity index is 2.29. The minimum absolute atomic E-state index is 0.899. The molecule has 14 heavy (non-hydrogen) atoms. The summed E-state index contributed by atoms with van der Waals surface area (Å²) in [6.07, 6.45) is 7.52. The zero-order valence-electron chi connectivity index (χ0n) is 9.26. The van der Waals surface area contributed by atoms with Gasteiger partial charge in [-0.1, -0.05) is 50.5 Å². The Morgan fingerprint density at radius 3 is 2.14 bits per heavy atom. The molecule has 0 nitrogen and oxygen atoms in total. The molecule has 0 heteroatoms. The van der Waals surface area contributed by atoms with E-state index in [0.717, 1.165) is 6.42 Å². The first-order valence-electron chi connectivity index (χ1n) is 5.74. The molecule has 1 radical (unpaired) electrons. The topological polar surface area (TPSA) is 0 Å². The van der Waals surface area contributed by atoms with Crippen molar-refractivity contribution in [2.24, 2.45) is 0 Å². The summed E-state index contributed by atoms with van der Waals surface area (Å²) in [6, 6.07) is 8.88. The number of rotatable bonds is 6. The molecule has 0 atom stereocenters. The molecule has 1 aromatic carbocycles. The molecule has 0 amide bonds. The van der Waals surface area contributed by atoms with E-state index in [4.69, 9.17) is 0 Å². The van der Waals surface area contributed by atoms with E-state index in [1.165, 1.54) is 43.2 Å². The van der Waals surface area contributed by atoms with E-state index in [1.54, 1.807) is 0 Å². The molecular weight excluding hydrogens is 168 g/mol. The summed E-state index contributed by atoms with van der Waals surface area (Å²) in [5.41, 5.74) is 2.81. The summed E-state index contributed by atoms with van der Waals surface area (Å²) in [7, 11) is 0. The molecule has 0 unspecified atom stereocenters. The summed E-state index contributed by atoms with van der Waals surface area (Å²) >= 11 is 0. The lowest BCUT2D eigenvalue weighted by atomic mass is 10.0. The van der Waals surface area contributed by atoms with Gasteiger partial charge < -0.3 is 0 Å². The maximum atomic E-state index is 3.87. The van der Waals surface area contributed by atoms with Crippen molar-refractivity contribution in [3.8, 4) is 0 Å². The Kier molecular flexibility index (Phi) is 5.36. The van der Waals surface area contributed by atoms with Crippen LogP contribution in [0.25, 0.3) is 0 Å². The minimum atomic E-state index is 0.899. The van der Waals surface area contributed by atoms with Gasteiger partial charge in [0.25, 0.3) is 0 Å². The van der Waals surface area contributed by atoms with Gasteiger partial charge in [-0.25, -0.2) is 0 Å². The van der Waals surface area contributed by atoms with Crippen molar-refractivity contribution in [2.45, 2.75) is 45.4 Å². The lowest BCUT2D eigenvalue weighted by molar-refractivity contribution is 0.667. The molecule has 0 bridgehead atoms. The van der Waals surface area contributed by atoms with Crippen molar-refractivity contribution in [3.05, 3.63) is 42.3 Å². The average molecular weight is 189 g/mol. The Hall–Kier alpha value is -0.780. The van der Waals surface area contributed by atoms with Gasteiger partial charge in [0.15, 0.2) is 0 Å². The second-order valence-electron chi connectivity index (χ2n) is 3.88. The van der Waals surface area contributed by atoms with Gasteiger partial charge in [-0.2, -0.15) is 0 Å². The number of benzene rings is 1. The van der Waals surface area contributed by atoms with Crippen LogP contribution in [0.15, 0.2) is 24.3 Å². The first-order valence-corrected chi connectivity index (χ1v) is 5.74. The summed E-state index contributed by atoms with van der Waals surface area (Å²) in [5.74, 6) is 0. The van der Waals surface area contributed by atoms with Gasteiger partial charge in [0.1, 0.15) is 0 Å². The highest BCUT2D eigenvalue weighted by Crippen LogP contribution is 2.09. The van der Waals surface area contributed by atoms with E-state index in [1.807, 2.05) is 0 Å².